The summed E-state index contributed by atoms with van der Waals surface area (Å²) in [6.07, 6.45) is 0. The third-order valence-corrected chi connectivity index (χ3v) is 3.46. The molecule has 0 aliphatic carbocycles. The summed E-state index contributed by atoms with van der Waals surface area (Å²) in [4.78, 5) is 4.43. The van der Waals surface area contributed by atoms with Crippen LogP contribution in [-0.2, 0) is 6.54 Å². The summed E-state index contributed by atoms with van der Waals surface area (Å²) >= 11 is 1.68. The number of rotatable bonds is 5. The van der Waals surface area contributed by atoms with Gasteiger partial charge in [-0.2, -0.15) is 0 Å². The summed E-state index contributed by atoms with van der Waals surface area (Å²) in [5.74, 6) is 0.921. The van der Waals surface area contributed by atoms with Gasteiger partial charge >= 0.3 is 0 Å². The zero-order valence-electron chi connectivity index (χ0n) is 11.0. The molecule has 4 heteroatoms. The maximum atomic E-state index is 5.47. The van der Waals surface area contributed by atoms with Crippen LogP contribution in [-0.4, -0.2) is 11.6 Å². The van der Waals surface area contributed by atoms with Crippen molar-refractivity contribution in [1.29, 1.82) is 0 Å². The van der Waals surface area contributed by atoms with Gasteiger partial charge in [-0.05, 0) is 44.5 Å². The van der Waals surface area contributed by atoms with Gasteiger partial charge in [0.25, 0.3) is 0 Å². The van der Waals surface area contributed by atoms with Crippen LogP contribution in [0.1, 0.15) is 23.2 Å². The lowest BCUT2D eigenvalue weighted by atomic mass is 10.2. The first kappa shape index (κ1) is 12.9. The van der Waals surface area contributed by atoms with Crippen LogP contribution >= 0.6 is 11.3 Å². The Morgan fingerprint density at radius 3 is 2.78 bits per heavy atom. The predicted octanol–water partition coefficient (Wildman–Crippen LogP) is 3.77. The summed E-state index contributed by atoms with van der Waals surface area (Å²) < 4.78 is 5.47. The van der Waals surface area contributed by atoms with Crippen molar-refractivity contribution in [1.82, 2.24) is 4.98 Å². The molecule has 0 unspecified atom stereocenters. The van der Waals surface area contributed by atoms with Gasteiger partial charge in [-0.1, -0.05) is 0 Å². The van der Waals surface area contributed by atoms with E-state index in [0.717, 1.165) is 28.7 Å². The van der Waals surface area contributed by atoms with Gasteiger partial charge in [-0.3, -0.25) is 0 Å². The van der Waals surface area contributed by atoms with E-state index in [0.29, 0.717) is 6.61 Å². The van der Waals surface area contributed by atoms with Crippen LogP contribution < -0.4 is 10.1 Å². The van der Waals surface area contributed by atoms with Crippen LogP contribution in [0.15, 0.2) is 23.6 Å². The second-order valence-electron chi connectivity index (χ2n) is 4.12. The summed E-state index contributed by atoms with van der Waals surface area (Å²) in [7, 11) is 0. The number of ether oxygens (including phenoxy) is 1. The van der Waals surface area contributed by atoms with Crippen LogP contribution in [0.5, 0.6) is 5.75 Å². The molecule has 0 fully saturated rings. The van der Waals surface area contributed by atoms with Crippen molar-refractivity contribution in [2.45, 2.75) is 27.3 Å². The van der Waals surface area contributed by atoms with Gasteiger partial charge < -0.3 is 10.1 Å². The van der Waals surface area contributed by atoms with Crippen molar-refractivity contribution in [2.75, 3.05) is 11.9 Å². The van der Waals surface area contributed by atoms with E-state index >= 15 is 0 Å². The van der Waals surface area contributed by atoms with Crippen molar-refractivity contribution >= 4 is 17.0 Å². The quantitative estimate of drug-likeness (QED) is 0.890. The summed E-state index contributed by atoms with van der Waals surface area (Å²) in [6.45, 7) is 7.56. The molecule has 3 nitrogen and oxygen atoms in total. The molecule has 18 heavy (non-hydrogen) atoms. The van der Waals surface area contributed by atoms with Crippen molar-refractivity contribution in [3.63, 3.8) is 0 Å². The molecule has 1 heterocycles. The van der Waals surface area contributed by atoms with E-state index in [4.69, 9.17) is 4.74 Å². The minimum atomic E-state index is 0.699. The highest BCUT2D eigenvalue weighted by Crippen LogP contribution is 2.22. The molecule has 1 N–H and O–H groups in total. The first-order valence-corrected chi connectivity index (χ1v) is 6.95. The maximum Gasteiger partial charge on any atom is 0.119 e. The van der Waals surface area contributed by atoms with E-state index in [-0.39, 0.29) is 0 Å². The number of hydrogen-bond acceptors (Lipinski definition) is 4. The van der Waals surface area contributed by atoms with Crippen molar-refractivity contribution < 1.29 is 4.74 Å². The van der Waals surface area contributed by atoms with Crippen molar-refractivity contribution in [3.05, 3.63) is 39.8 Å². The van der Waals surface area contributed by atoms with Gasteiger partial charge in [0, 0.05) is 11.1 Å². The Morgan fingerprint density at radius 1 is 1.33 bits per heavy atom. The molecule has 1 aromatic carbocycles. The van der Waals surface area contributed by atoms with E-state index in [1.165, 1.54) is 5.56 Å². The highest BCUT2D eigenvalue weighted by molar-refractivity contribution is 7.09. The fourth-order valence-corrected chi connectivity index (χ4v) is 2.38. The minimum Gasteiger partial charge on any atom is -0.494 e. The SMILES string of the molecule is CCOc1ccc(NCc2csc(C)n2)c(C)c1. The van der Waals surface area contributed by atoms with E-state index in [1.54, 1.807) is 11.3 Å². The average molecular weight is 262 g/mol. The maximum absolute atomic E-state index is 5.47. The van der Waals surface area contributed by atoms with Gasteiger partial charge in [-0.25, -0.2) is 4.98 Å². The monoisotopic (exact) mass is 262 g/mol. The minimum absolute atomic E-state index is 0.699. The standard InChI is InChI=1S/C14H18N2OS/c1-4-17-13-5-6-14(10(2)7-13)15-8-12-9-18-11(3)16-12/h5-7,9,15H,4,8H2,1-3H3. The number of nitrogens with one attached hydrogen (secondary N) is 1. The molecule has 0 aliphatic heterocycles. The fraction of sp³-hybridized carbons (Fsp3) is 0.357. The van der Waals surface area contributed by atoms with Gasteiger partial charge in [0.1, 0.15) is 5.75 Å². The molecule has 0 spiro atoms. The summed E-state index contributed by atoms with van der Waals surface area (Å²) in [5, 5.41) is 6.60. The Kier molecular flexibility index (Phi) is 4.20. The smallest absolute Gasteiger partial charge is 0.119 e. The van der Waals surface area contributed by atoms with E-state index in [1.807, 2.05) is 19.9 Å². The molecule has 0 saturated heterocycles. The Balaban J connectivity index is 2.01. The predicted molar refractivity (Wildman–Crippen MR) is 76.5 cm³/mol. The zero-order valence-corrected chi connectivity index (χ0v) is 11.8. The van der Waals surface area contributed by atoms with E-state index in [9.17, 15) is 0 Å². The molecular formula is C14H18N2OS. The molecule has 2 aromatic rings. The van der Waals surface area contributed by atoms with E-state index < -0.39 is 0 Å². The van der Waals surface area contributed by atoms with E-state index in [2.05, 4.69) is 34.7 Å². The molecule has 0 aliphatic rings. The van der Waals surface area contributed by atoms with Gasteiger partial charge in [0.15, 0.2) is 0 Å². The lowest BCUT2D eigenvalue weighted by Crippen LogP contribution is -2.02. The number of hydrogen-bond donors (Lipinski definition) is 1. The molecule has 0 radical (unpaired) electrons. The molecule has 1 aromatic heterocycles. The Morgan fingerprint density at radius 2 is 2.17 bits per heavy atom. The van der Waals surface area contributed by atoms with Crippen LogP contribution in [0.4, 0.5) is 5.69 Å². The highest BCUT2D eigenvalue weighted by Gasteiger charge is 2.02. The Hall–Kier alpha value is -1.55. The normalized spacial score (nSPS) is 10.4. The Bertz CT molecular complexity index is 522. The second-order valence-corrected chi connectivity index (χ2v) is 5.18. The third-order valence-electron chi connectivity index (χ3n) is 2.64. The first-order chi connectivity index (χ1) is 8.69. The zero-order chi connectivity index (χ0) is 13.0. The third kappa shape index (κ3) is 3.23. The van der Waals surface area contributed by atoms with Gasteiger partial charge in [0.05, 0.1) is 23.9 Å². The highest BCUT2D eigenvalue weighted by atomic mass is 32.1. The lowest BCUT2D eigenvalue weighted by Gasteiger charge is -2.10. The number of nitrogens with zero attached hydrogens (tertiary/aromatic N) is 1. The molecule has 0 bridgehead atoms. The molecule has 0 saturated carbocycles. The van der Waals surface area contributed by atoms with Crippen LogP contribution in [0.2, 0.25) is 0 Å². The largest absolute Gasteiger partial charge is 0.494 e. The van der Waals surface area contributed by atoms with Crippen molar-refractivity contribution in [3.8, 4) is 5.75 Å². The summed E-state index contributed by atoms with van der Waals surface area (Å²) in [6, 6.07) is 6.10. The number of benzene rings is 1. The topological polar surface area (TPSA) is 34.1 Å². The van der Waals surface area contributed by atoms with Crippen LogP contribution in [0.3, 0.4) is 0 Å². The molecule has 0 amide bonds. The number of anilines is 1. The number of aromatic nitrogens is 1. The second kappa shape index (κ2) is 5.87. The van der Waals surface area contributed by atoms with Crippen LogP contribution in [0.25, 0.3) is 0 Å². The average Bonchev–Trinajstić information content (AvgIpc) is 2.74. The number of aryl methyl sites for hydroxylation is 2. The lowest BCUT2D eigenvalue weighted by molar-refractivity contribution is 0.340. The number of thiazole rings is 1. The molecule has 2 rings (SSSR count). The molecular weight excluding hydrogens is 244 g/mol. The first-order valence-electron chi connectivity index (χ1n) is 6.07. The van der Waals surface area contributed by atoms with Crippen LogP contribution in [0, 0.1) is 13.8 Å². The fourth-order valence-electron chi connectivity index (χ4n) is 1.77. The molecule has 96 valence electrons. The Labute approximate surface area is 112 Å². The van der Waals surface area contributed by atoms with Gasteiger partial charge in [0.2, 0.25) is 0 Å². The van der Waals surface area contributed by atoms with Gasteiger partial charge in [-0.15, -0.1) is 11.3 Å². The van der Waals surface area contributed by atoms with Crippen molar-refractivity contribution in [2.24, 2.45) is 0 Å². The summed E-state index contributed by atoms with van der Waals surface area (Å²) in [5.41, 5.74) is 3.41. The molecule has 0 atom stereocenters.